The monoisotopic (exact) mass is 309 g/mol. The lowest BCUT2D eigenvalue weighted by molar-refractivity contribution is -0.120. The molecule has 1 aliphatic rings. The predicted molar refractivity (Wildman–Crippen MR) is 93.3 cm³/mol. The first-order chi connectivity index (χ1) is 11.1. The number of carbonyl (C=O) groups is 1. The van der Waals surface area contributed by atoms with Crippen molar-refractivity contribution in [3.63, 3.8) is 0 Å². The summed E-state index contributed by atoms with van der Waals surface area (Å²) in [5, 5.41) is 0. The van der Waals surface area contributed by atoms with E-state index in [9.17, 15) is 4.79 Å². The van der Waals surface area contributed by atoms with Gasteiger partial charge in [-0.25, -0.2) is 0 Å². The van der Waals surface area contributed by atoms with Crippen LogP contribution in [0.5, 0.6) is 5.75 Å². The molecule has 1 amide bonds. The molecule has 0 fully saturated rings. The van der Waals surface area contributed by atoms with Gasteiger partial charge in [0, 0.05) is 12.2 Å². The second kappa shape index (κ2) is 6.45. The fourth-order valence-corrected chi connectivity index (χ4v) is 3.40. The Morgan fingerprint density at radius 3 is 2.57 bits per heavy atom. The zero-order valence-corrected chi connectivity index (χ0v) is 14.1. The highest BCUT2D eigenvalue weighted by Gasteiger charge is 2.22. The molecule has 0 saturated carbocycles. The molecule has 3 rings (SSSR count). The number of ether oxygens (including phenoxy) is 1. The molecule has 23 heavy (non-hydrogen) atoms. The number of para-hydroxylation sites is 1. The summed E-state index contributed by atoms with van der Waals surface area (Å²) in [6.07, 6.45) is 2.04. The smallest absolute Gasteiger partial charge is 0.264 e. The number of amides is 1. The zero-order valence-electron chi connectivity index (χ0n) is 14.1. The van der Waals surface area contributed by atoms with Gasteiger partial charge in [-0.2, -0.15) is 0 Å². The minimum Gasteiger partial charge on any atom is -0.483 e. The van der Waals surface area contributed by atoms with Gasteiger partial charge in [-0.05, 0) is 56.4 Å². The van der Waals surface area contributed by atoms with Crippen LogP contribution in [-0.4, -0.2) is 19.1 Å². The molecule has 0 aliphatic carbocycles. The van der Waals surface area contributed by atoms with Gasteiger partial charge >= 0.3 is 0 Å². The summed E-state index contributed by atoms with van der Waals surface area (Å²) in [6.45, 7) is 6.97. The van der Waals surface area contributed by atoms with E-state index in [-0.39, 0.29) is 12.5 Å². The highest BCUT2D eigenvalue weighted by atomic mass is 16.5. The minimum atomic E-state index is 0.0246. The molecule has 0 atom stereocenters. The maximum atomic E-state index is 12.6. The van der Waals surface area contributed by atoms with Crippen LogP contribution in [0.1, 0.15) is 28.7 Å². The molecule has 0 N–H and O–H groups in total. The second-order valence-corrected chi connectivity index (χ2v) is 6.29. The molecular formula is C20H23NO2. The van der Waals surface area contributed by atoms with E-state index in [2.05, 4.69) is 25.1 Å². The normalized spacial score (nSPS) is 13.6. The number of rotatable bonds is 3. The van der Waals surface area contributed by atoms with E-state index in [4.69, 9.17) is 4.74 Å². The number of carbonyl (C=O) groups excluding carboxylic acids is 1. The Bertz CT molecular complexity index is 713. The van der Waals surface area contributed by atoms with Crippen LogP contribution in [0.15, 0.2) is 36.4 Å². The van der Waals surface area contributed by atoms with Gasteiger partial charge in [-0.15, -0.1) is 0 Å². The van der Waals surface area contributed by atoms with Gasteiger partial charge in [-0.1, -0.05) is 35.9 Å². The maximum Gasteiger partial charge on any atom is 0.264 e. The van der Waals surface area contributed by atoms with Gasteiger partial charge in [0.2, 0.25) is 0 Å². The molecule has 2 aromatic carbocycles. The van der Waals surface area contributed by atoms with E-state index in [1.165, 1.54) is 11.1 Å². The summed E-state index contributed by atoms with van der Waals surface area (Å²) in [5.74, 6) is 0.853. The molecule has 0 unspecified atom stereocenters. The predicted octanol–water partition coefficient (Wildman–Crippen LogP) is 3.97. The molecule has 2 aromatic rings. The number of hydrogen-bond acceptors (Lipinski definition) is 2. The van der Waals surface area contributed by atoms with Gasteiger partial charge in [0.15, 0.2) is 6.61 Å². The van der Waals surface area contributed by atoms with E-state index in [1.807, 2.05) is 36.9 Å². The third-order valence-electron chi connectivity index (χ3n) is 4.36. The molecule has 3 heteroatoms. The van der Waals surface area contributed by atoms with Gasteiger partial charge in [0.1, 0.15) is 5.75 Å². The van der Waals surface area contributed by atoms with E-state index in [0.717, 1.165) is 42.0 Å². The lowest BCUT2D eigenvalue weighted by atomic mass is 10.0. The Labute approximate surface area is 137 Å². The highest BCUT2D eigenvalue weighted by molar-refractivity contribution is 5.95. The third-order valence-corrected chi connectivity index (χ3v) is 4.36. The second-order valence-electron chi connectivity index (χ2n) is 6.29. The summed E-state index contributed by atoms with van der Waals surface area (Å²) >= 11 is 0. The standard InChI is InChI=1S/C20H23NO2/c1-14-11-15(2)20(16(3)12-14)23-13-19(22)21-10-6-8-17-7-4-5-9-18(17)21/h4-5,7,9,11-12H,6,8,10,13H2,1-3H3. The Kier molecular flexibility index (Phi) is 4.37. The molecule has 0 saturated heterocycles. The molecule has 0 bridgehead atoms. The first-order valence-electron chi connectivity index (χ1n) is 8.15. The molecule has 1 heterocycles. The summed E-state index contributed by atoms with van der Waals surface area (Å²) in [7, 11) is 0. The molecular weight excluding hydrogens is 286 g/mol. The van der Waals surface area contributed by atoms with Gasteiger partial charge in [0.25, 0.3) is 5.91 Å². The van der Waals surface area contributed by atoms with Crippen LogP contribution in [0, 0.1) is 20.8 Å². The van der Waals surface area contributed by atoms with Crippen molar-refractivity contribution in [2.75, 3.05) is 18.1 Å². The molecule has 0 spiro atoms. The fraction of sp³-hybridized carbons (Fsp3) is 0.350. The first kappa shape index (κ1) is 15.6. The SMILES string of the molecule is Cc1cc(C)c(OCC(=O)N2CCCc3ccccc32)c(C)c1. The number of aryl methyl sites for hydroxylation is 4. The quantitative estimate of drug-likeness (QED) is 0.858. The van der Waals surface area contributed by atoms with Gasteiger partial charge in [-0.3, -0.25) is 4.79 Å². The number of fused-ring (bicyclic) bond motifs is 1. The fourth-order valence-electron chi connectivity index (χ4n) is 3.40. The zero-order chi connectivity index (χ0) is 16.4. The first-order valence-corrected chi connectivity index (χ1v) is 8.15. The van der Waals surface area contributed by atoms with Crippen LogP contribution in [0.25, 0.3) is 0 Å². The van der Waals surface area contributed by atoms with Crippen molar-refractivity contribution in [3.05, 3.63) is 58.7 Å². The lowest BCUT2D eigenvalue weighted by Gasteiger charge is -2.29. The summed E-state index contributed by atoms with van der Waals surface area (Å²) < 4.78 is 5.86. The Morgan fingerprint density at radius 1 is 1.13 bits per heavy atom. The van der Waals surface area contributed by atoms with E-state index >= 15 is 0 Å². The highest BCUT2D eigenvalue weighted by Crippen LogP contribution is 2.28. The molecule has 0 radical (unpaired) electrons. The van der Waals surface area contributed by atoms with Gasteiger partial charge < -0.3 is 9.64 Å². The lowest BCUT2D eigenvalue weighted by Crippen LogP contribution is -2.38. The van der Waals surface area contributed by atoms with Gasteiger partial charge in [0.05, 0.1) is 0 Å². The summed E-state index contributed by atoms with van der Waals surface area (Å²) in [4.78, 5) is 14.5. The van der Waals surface area contributed by atoms with Crippen molar-refractivity contribution in [1.29, 1.82) is 0 Å². The Morgan fingerprint density at radius 2 is 1.83 bits per heavy atom. The van der Waals surface area contributed by atoms with E-state index < -0.39 is 0 Å². The topological polar surface area (TPSA) is 29.5 Å². The number of benzene rings is 2. The molecule has 1 aliphatic heterocycles. The minimum absolute atomic E-state index is 0.0246. The van der Waals surface area contributed by atoms with Crippen LogP contribution in [-0.2, 0) is 11.2 Å². The average molecular weight is 309 g/mol. The van der Waals surface area contributed by atoms with Crippen LogP contribution in [0.2, 0.25) is 0 Å². The van der Waals surface area contributed by atoms with E-state index in [0.29, 0.717) is 0 Å². The van der Waals surface area contributed by atoms with Crippen molar-refractivity contribution >= 4 is 11.6 Å². The third kappa shape index (κ3) is 3.24. The summed E-state index contributed by atoms with van der Waals surface area (Å²) in [6, 6.07) is 12.3. The molecule has 0 aromatic heterocycles. The Balaban J connectivity index is 1.74. The van der Waals surface area contributed by atoms with Crippen molar-refractivity contribution < 1.29 is 9.53 Å². The average Bonchev–Trinajstić information content (AvgIpc) is 2.53. The van der Waals surface area contributed by atoms with Crippen LogP contribution < -0.4 is 9.64 Å². The number of hydrogen-bond donors (Lipinski definition) is 0. The van der Waals surface area contributed by atoms with Crippen molar-refractivity contribution in [3.8, 4) is 5.75 Å². The summed E-state index contributed by atoms with van der Waals surface area (Å²) in [5.41, 5.74) is 5.65. The van der Waals surface area contributed by atoms with Crippen LogP contribution in [0.3, 0.4) is 0 Å². The van der Waals surface area contributed by atoms with Crippen LogP contribution >= 0.6 is 0 Å². The molecule has 3 nitrogen and oxygen atoms in total. The van der Waals surface area contributed by atoms with Crippen molar-refractivity contribution in [2.24, 2.45) is 0 Å². The van der Waals surface area contributed by atoms with E-state index in [1.54, 1.807) is 0 Å². The van der Waals surface area contributed by atoms with Crippen molar-refractivity contribution in [2.45, 2.75) is 33.6 Å². The largest absolute Gasteiger partial charge is 0.483 e. The van der Waals surface area contributed by atoms with Crippen LogP contribution in [0.4, 0.5) is 5.69 Å². The molecule has 120 valence electrons. The maximum absolute atomic E-state index is 12.6. The Hall–Kier alpha value is -2.29. The number of anilines is 1. The van der Waals surface area contributed by atoms with Crippen molar-refractivity contribution in [1.82, 2.24) is 0 Å². The number of nitrogens with zero attached hydrogens (tertiary/aromatic N) is 1.